The van der Waals surface area contributed by atoms with Gasteiger partial charge in [-0.15, -0.1) is 11.3 Å². The summed E-state index contributed by atoms with van der Waals surface area (Å²) >= 11 is 2.80. The summed E-state index contributed by atoms with van der Waals surface area (Å²) in [7, 11) is 3.21. The molecule has 3 aromatic heterocycles. The van der Waals surface area contributed by atoms with Crippen molar-refractivity contribution in [2.75, 3.05) is 19.1 Å². The van der Waals surface area contributed by atoms with Gasteiger partial charge in [-0.05, 0) is 35.7 Å². The zero-order chi connectivity index (χ0) is 19.5. The molecule has 0 unspecified atom stereocenters. The average Bonchev–Trinajstić information content (AvgIpc) is 3.41. The third kappa shape index (κ3) is 3.44. The summed E-state index contributed by atoms with van der Waals surface area (Å²) in [6, 6.07) is 13.0. The van der Waals surface area contributed by atoms with Crippen LogP contribution in [0.2, 0.25) is 0 Å². The molecule has 6 nitrogen and oxygen atoms in total. The van der Waals surface area contributed by atoms with E-state index in [-0.39, 0.29) is 5.91 Å². The number of thiophene rings is 1. The quantitative estimate of drug-likeness (QED) is 0.463. The van der Waals surface area contributed by atoms with Gasteiger partial charge in [-0.25, -0.2) is 4.98 Å². The molecule has 0 aliphatic heterocycles. The molecule has 0 saturated carbocycles. The van der Waals surface area contributed by atoms with Crippen LogP contribution in [0.25, 0.3) is 10.2 Å². The van der Waals surface area contributed by atoms with Crippen molar-refractivity contribution in [3.63, 3.8) is 0 Å². The maximum Gasteiger partial charge on any atom is 0.270 e. The molecule has 1 aromatic carbocycles. The van der Waals surface area contributed by atoms with Crippen molar-refractivity contribution in [1.29, 1.82) is 0 Å². The normalized spacial score (nSPS) is 10.8. The van der Waals surface area contributed by atoms with Crippen molar-refractivity contribution >= 4 is 43.9 Å². The SMILES string of the molecule is COc1ccc(OC)c2sc(N(Cc3ccccn3)C(=O)c3cccs3)nc12. The van der Waals surface area contributed by atoms with Crippen LogP contribution in [-0.2, 0) is 6.54 Å². The van der Waals surface area contributed by atoms with Gasteiger partial charge >= 0.3 is 0 Å². The summed E-state index contributed by atoms with van der Waals surface area (Å²) in [4.78, 5) is 24.6. The first-order chi connectivity index (χ1) is 13.7. The highest BCUT2D eigenvalue weighted by Gasteiger charge is 2.24. The number of benzene rings is 1. The van der Waals surface area contributed by atoms with Crippen LogP contribution in [0.1, 0.15) is 15.4 Å². The van der Waals surface area contributed by atoms with E-state index < -0.39 is 0 Å². The van der Waals surface area contributed by atoms with Gasteiger partial charge in [-0.1, -0.05) is 23.5 Å². The highest BCUT2D eigenvalue weighted by atomic mass is 32.1. The number of aromatic nitrogens is 2. The number of hydrogen-bond acceptors (Lipinski definition) is 7. The molecule has 0 radical (unpaired) electrons. The van der Waals surface area contributed by atoms with Crippen LogP contribution in [0.5, 0.6) is 11.5 Å². The first-order valence-electron chi connectivity index (χ1n) is 8.48. The van der Waals surface area contributed by atoms with Crippen LogP contribution < -0.4 is 14.4 Å². The zero-order valence-electron chi connectivity index (χ0n) is 15.3. The fraction of sp³-hybridized carbons (Fsp3) is 0.150. The van der Waals surface area contributed by atoms with Gasteiger partial charge in [0.05, 0.1) is 31.3 Å². The molecule has 1 amide bonds. The van der Waals surface area contributed by atoms with Gasteiger partial charge in [0.15, 0.2) is 5.13 Å². The minimum absolute atomic E-state index is 0.113. The molecular formula is C20H17N3O3S2. The molecule has 0 N–H and O–H groups in total. The topological polar surface area (TPSA) is 64.6 Å². The van der Waals surface area contributed by atoms with E-state index in [2.05, 4.69) is 4.98 Å². The molecule has 0 spiro atoms. The Labute approximate surface area is 170 Å². The number of pyridine rings is 1. The summed E-state index contributed by atoms with van der Waals surface area (Å²) in [5.41, 5.74) is 1.46. The Morgan fingerprint density at radius 1 is 1.07 bits per heavy atom. The Hall–Kier alpha value is -2.97. The minimum atomic E-state index is -0.113. The second-order valence-corrected chi connectivity index (χ2v) is 7.76. The molecule has 0 saturated heterocycles. The summed E-state index contributed by atoms with van der Waals surface area (Å²) in [5, 5.41) is 2.46. The monoisotopic (exact) mass is 411 g/mol. The molecule has 0 atom stereocenters. The molecule has 8 heteroatoms. The van der Waals surface area contributed by atoms with Crippen LogP contribution in [-0.4, -0.2) is 30.1 Å². The van der Waals surface area contributed by atoms with Gasteiger partial charge in [0.25, 0.3) is 5.91 Å². The Kier molecular flexibility index (Phi) is 5.23. The van der Waals surface area contributed by atoms with Gasteiger partial charge in [0.1, 0.15) is 21.7 Å². The highest BCUT2D eigenvalue weighted by Crippen LogP contribution is 2.40. The maximum absolute atomic E-state index is 13.2. The lowest BCUT2D eigenvalue weighted by Crippen LogP contribution is -2.30. The Morgan fingerprint density at radius 3 is 2.57 bits per heavy atom. The van der Waals surface area contributed by atoms with E-state index in [0.717, 1.165) is 10.4 Å². The van der Waals surface area contributed by atoms with Crippen LogP contribution in [0.4, 0.5) is 5.13 Å². The van der Waals surface area contributed by atoms with Crippen LogP contribution in [0, 0.1) is 0 Å². The molecule has 0 fully saturated rings. The summed E-state index contributed by atoms with van der Waals surface area (Å²) < 4.78 is 11.8. The van der Waals surface area contributed by atoms with Crippen LogP contribution in [0.3, 0.4) is 0 Å². The second-order valence-electron chi connectivity index (χ2n) is 5.83. The minimum Gasteiger partial charge on any atom is -0.495 e. The number of amides is 1. The molecule has 142 valence electrons. The van der Waals surface area contributed by atoms with E-state index in [1.807, 2.05) is 47.8 Å². The fourth-order valence-corrected chi connectivity index (χ4v) is 4.55. The van der Waals surface area contributed by atoms with Crippen LogP contribution in [0.15, 0.2) is 54.0 Å². The number of anilines is 1. The number of nitrogens with zero attached hydrogens (tertiary/aromatic N) is 3. The number of carbonyl (C=O) groups excluding carboxylic acids is 1. The van der Waals surface area contributed by atoms with E-state index in [1.54, 1.807) is 25.3 Å². The number of ether oxygens (including phenoxy) is 2. The standard InChI is InChI=1S/C20H17N3O3S2/c1-25-14-8-9-15(26-2)18-17(14)22-20(28-18)23(12-13-6-3-4-10-21-13)19(24)16-7-5-11-27-16/h3-11H,12H2,1-2H3. The number of methoxy groups -OCH3 is 2. The lowest BCUT2D eigenvalue weighted by Gasteiger charge is -2.18. The lowest BCUT2D eigenvalue weighted by atomic mass is 10.3. The predicted octanol–water partition coefficient (Wildman–Crippen LogP) is 4.62. The number of carbonyl (C=O) groups is 1. The van der Waals surface area contributed by atoms with E-state index in [9.17, 15) is 4.79 Å². The van der Waals surface area contributed by atoms with Gasteiger partial charge < -0.3 is 9.47 Å². The smallest absolute Gasteiger partial charge is 0.270 e. The molecular weight excluding hydrogens is 394 g/mol. The summed E-state index contributed by atoms with van der Waals surface area (Å²) in [5.74, 6) is 1.22. The number of fused-ring (bicyclic) bond motifs is 1. The number of thiazole rings is 1. The van der Waals surface area contributed by atoms with Gasteiger partial charge in [-0.3, -0.25) is 14.7 Å². The predicted molar refractivity (Wildman–Crippen MR) is 112 cm³/mol. The largest absolute Gasteiger partial charge is 0.495 e. The van der Waals surface area contributed by atoms with E-state index >= 15 is 0 Å². The average molecular weight is 412 g/mol. The Bertz CT molecular complexity index is 1050. The van der Waals surface area contributed by atoms with Crippen molar-refractivity contribution in [3.8, 4) is 11.5 Å². The molecule has 4 aromatic rings. The van der Waals surface area contributed by atoms with E-state index in [4.69, 9.17) is 14.5 Å². The van der Waals surface area contributed by atoms with Gasteiger partial charge in [-0.2, -0.15) is 0 Å². The first kappa shape index (κ1) is 18.4. The zero-order valence-corrected chi connectivity index (χ0v) is 16.9. The third-order valence-electron chi connectivity index (χ3n) is 4.15. The second kappa shape index (κ2) is 7.95. The van der Waals surface area contributed by atoms with Crippen molar-refractivity contribution in [2.24, 2.45) is 0 Å². The highest BCUT2D eigenvalue weighted by molar-refractivity contribution is 7.23. The van der Waals surface area contributed by atoms with Gasteiger partial charge in [0, 0.05) is 6.20 Å². The van der Waals surface area contributed by atoms with E-state index in [1.165, 1.54) is 22.7 Å². The van der Waals surface area contributed by atoms with Crippen molar-refractivity contribution in [1.82, 2.24) is 9.97 Å². The summed E-state index contributed by atoms with van der Waals surface area (Å²) in [6.45, 7) is 0.321. The molecule has 0 aliphatic rings. The van der Waals surface area contributed by atoms with E-state index in [0.29, 0.717) is 33.6 Å². The molecule has 28 heavy (non-hydrogen) atoms. The van der Waals surface area contributed by atoms with Crippen LogP contribution >= 0.6 is 22.7 Å². The summed E-state index contributed by atoms with van der Waals surface area (Å²) in [6.07, 6.45) is 1.72. The molecule has 3 heterocycles. The molecule has 0 aliphatic carbocycles. The van der Waals surface area contributed by atoms with Crippen molar-refractivity contribution < 1.29 is 14.3 Å². The Morgan fingerprint density at radius 2 is 1.89 bits per heavy atom. The molecule has 4 rings (SSSR count). The number of hydrogen-bond donors (Lipinski definition) is 0. The Balaban J connectivity index is 1.83. The molecule has 0 bridgehead atoms. The first-order valence-corrected chi connectivity index (χ1v) is 10.2. The third-order valence-corrected chi connectivity index (χ3v) is 6.10. The number of rotatable bonds is 6. The van der Waals surface area contributed by atoms with Crippen molar-refractivity contribution in [3.05, 3.63) is 64.6 Å². The van der Waals surface area contributed by atoms with Gasteiger partial charge in [0.2, 0.25) is 0 Å². The lowest BCUT2D eigenvalue weighted by molar-refractivity contribution is 0.0988. The maximum atomic E-state index is 13.2. The van der Waals surface area contributed by atoms with Crippen molar-refractivity contribution in [2.45, 2.75) is 6.54 Å². The fourth-order valence-electron chi connectivity index (χ4n) is 2.80.